The summed E-state index contributed by atoms with van der Waals surface area (Å²) in [6, 6.07) is 16.1. The van der Waals surface area contributed by atoms with Gasteiger partial charge in [-0.25, -0.2) is 4.79 Å². The van der Waals surface area contributed by atoms with E-state index in [4.69, 9.17) is 4.42 Å². The van der Waals surface area contributed by atoms with Crippen LogP contribution < -0.4 is 16.4 Å². The van der Waals surface area contributed by atoms with Gasteiger partial charge in [0.1, 0.15) is 11.4 Å². The normalized spacial score (nSPS) is 14.0. The zero-order chi connectivity index (χ0) is 21.8. The topological polar surface area (TPSA) is 127 Å². The molecule has 0 aliphatic heterocycles. The number of non-ortho nitro benzene ring substituents is 1. The predicted molar refractivity (Wildman–Crippen MR) is 116 cm³/mol. The van der Waals surface area contributed by atoms with E-state index in [1.807, 2.05) is 0 Å². The molecule has 156 valence electrons. The number of nitrogens with zero attached hydrogens (tertiary/aromatic N) is 2. The van der Waals surface area contributed by atoms with E-state index >= 15 is 0 Å². The second kappa shape index (κ2) is 8.62. The molecule has 0 saturated carbocycles. The van der Waals surface area contributed by atoms with E-state index in [2.05, 4.69) is 15.8 Å². The van der Waals surface area contributed by atoms with E-state index in [1.54, 1.807) is 48.5 Å². The smallest absolute Gasteiger partial charge is 0.360 e. The molecule has 3 aromatic rings. The molecule has 0 bridgehead atoms. The minimum Gasteiger partial charge on any atom is -0.420 e. The van der Waals surface area contributed by atoms with Crippen LogP contribution in [-0.4, -0.2) is 16.5 Å². The van der Waals surface area contributed by atoms with Crippen LogP contribution in [0.5, 0.6) is 0 Å². The van der Waals surface area contributed by atoms with Gasteiger partial charge in [0.25, 0.3) is 11.6 Å². The number of carbonyl (C=O) groups is 1. The van der Waals surface area contributed by atoms with Gasteiger partial charge in [-0.05, 0) is 55.2 Å². The summed E-state index contributed by atoms with van der Waals surface area (Å²) in [5.74, 6) is -0.0132. The van der Waals surface area contributed by atoms with Gasteiger partial charge in [-0.3, -0.25) is 20.3 Å². The van der Waals surface area contributed by atoms with Gasteiger partial charge in [0, 0.05) is 17.7 Å². The molecule has 0 unspecified atom stereocenters. The number of carbonyl (C=O) groups excluding carboxylic acids is 1. The van der Waals surface area contributed by atoms with Gasteiger partial charge in [0.05, 0.1) is 10.6 Å². The van der Waals surface area contributed by atoms with Crippen molar-refractivity contribution in [3.8, 4) is 0 Å². The first-order chi connectivity index (χ1) is 15.0. The molecule has 0 radical (unpaired) electrons. The Morgan fingerprint density at radius 1 is 1.06 bits per heavy atom. The fourth-order valence-electron chi connectivity index (χ4n) is 3.27. The van der Waals surface area contributed by atoms with E-state index in [0.717, 1.165) is 12.0 Å². The van der Waals surface area contributed by atoms with Gasteiger partial charge in [-0.2, -0.15) is 5.10 Å². The maximum Gasteiger partial charge on any atom is 0.360 e. The van der Waals surface area contributed by atoms with Gasteiger partial charge < -0.3 is 9.73 Å². The highest BCUT2D eigenvalue weighted by molar-refractivity contribution is 6.05. The lowest BCUT2D eigenvalue weighted by Crippen LogP contribution is -2.22. The number of benzene rings is 2. The molecule has 1 aliphatic carbocycles. The van der Waals surface area contributed by atoms with Crippen molar-refractivity contribution >= 4 is 28.7 Å². The highest BCUT2D eigenvalue weighted by Crippen LogP contribution is 2.24. The van der Waals surface area contributed by atoms with E-state index < -0.39 is 16.5 Å². The monoisotopic (exact) mass is 418 g/mol. The van der Waals surface area contributed by atoms with Crippen LogP contribution in [-0.2, 0) is 6.42 Å². The Bertz CT molecular complexity index is 1220. The van der Waals surface area contributed by atoms with E-state index in [0.29, 0.717) is 35.6 Å². The Kier molecular flexibility index (Phi) is 5.57. The predicted octanol–water partition coefficient (Wildman–Crippen LogP) is 3.95. The summed E-state index contributed by atoms with van der Waals surface area (Å²) in [7, 11) is 0. The van der Waals surface area contributed by atoms with Crippen molar-refractivity contribution in [1.82, 2.24) is 0 Å². The van der Waals surface area contributed by atoms with Crippen LogP contribution in [0.25, 0.3) is 0 Å². The largest absolute Gasteiger partial charge is 0.420 e. The number of nitro benzene ring substituents is 1. The molecule has 9 heteroatoms. The lowest BCUT2D eigenvalue weighted by molar-refractivity contribution is -0.384. The van der Waals surface area contributed by atoms with Crippen molar-refractivity contribution in [3.05, 3.63) is 98.1 Å². The van der Waals surface area contributed by atoms with Crippen LogP contribution in [0.4, 0.5) is 17.1 Å². The number of hydrazone groups is 1. The van der Waals surface area contributed by atoms with Gasteiger partial charge in [-0.15, -0.1) is 0 Å². The SMILES string of the molecule is O=C(Nc1cc2c(oc1=O)/C(=N/Nc1ccc([N+](=O)[O-])cc1)CCC2)c1ccccc1. The van der Waals surface area contributed by atoms with E-state index in [1.165, 1.54) is 12.1 Å². The minimum atomic E-state index is -0.659. The third-order valence-corrected chi connectivity index (χ3v) is 4.83. The number of anilines is 2. The lowest BCUT2D eigenvalue weighted by atomic mass is 9.95. The maximum atomic E-state index is 12.5. The second-order valence-electron chi connectivity index (χ2n) is 6.95. The molecule has 1 aromatic heterocycles. The summed E-state index contributed by atoms with van der Waals surface area (Å²) in [5, 5.41) is 17.7. The first kappa shape index (κ1) is 20.0. The van der Waals surface area contributed by atoms with Crippen molar-refractivity contribution in [2.24, 2.45) is 5.10 Å². The average molecular weight is 418 g/mol. The molecular formula is C22H18N4O5. The molecule has 1 amide bonds. The van der Waals surface area contributed by atoms with Crippen LogP contribution in [0.15, 0.2) is 75.0 Å². The number of hydrogen-bond donors (Lipinski definition) is 2. The molecule has 0 atom stereocenters. The van der Waals surface area contributed by atoms with Crippen LogP contribution in [0, 0.1) is 10.1 Å². The Labute approximate surface area is 176 Å². The second-order valence-corrected chi connectivity index (χ2v) is 6.95. The fourth-order valence-corrected chi connectivity index (χ4v) is 3.27. The maximum absolute atomic E-state index is 12.5. The summed E-state index contributed by atoms with van der Waals surface area (Å²) in [4.78, 5) is 35.1. The lowest BCUT2D eigenvalue weighted by Gasteiger charge is -2.17. The van der Waals surface area contributed by atoms with Crippen molar-refractivity contribution in [1.29, 1.82) is 0 Å². The third-order valence-electron chi connectivity index (χ3n) is 4.83. The highest BCUT2D eigenvalue weighted by Gasteiger charge is 2.22. The third kappa shape index (κ3) is 4.50. The van der Waals surface area contributed by atoms with Crippen molar-refractivity contribution < 1.29 is 14.1 Å². The van der Waals surface area contributed by atoms with Gasteiger partial charge in [0.2, 0.25) is 0 Å². The number of rotatable bonds is 5. The summed E-state index contributed by atoms with van der Waals surface area (Å²) >= 11 is 0. The standard InChI is InChI=1S/C22H18N4O5/c27-21(14-5-2-1-3-6-14)23-19-13-15-7-4-8-18(20(15)31-22(19)28)25-24-16-9-11-17(12-10-16)26(29)30/h1-3,5-6,9-13,24H,4,7-8H2,(H,23,27)/b25-18+. The van der Waals surface area contributed by atoms with Gasteiger partial charge in [-0.1, -0.05) is 18.2 Å². The summed E-state index contributed by atoms with van der Waals surface area (Å²) in [6.07, 6.45) is 2.09. The van der Waals surface area contributed by atoms with Crippen molar-refractivity contribution in [3.63, 3.8) is 0 Å². The molecule has 9 nitrogen and oxygen atoms in total. The zero-order valence-corrected chi connectivity index (χ0v) is 16.3. The summed E-state index contributed by atoms with van der Waals surface area (Å²) in [6.45, 7) is 0. The summed E-state index contributed by atoms with van der Waals surface area (Å²) in [5.41, 5.74) is 4.60. The van der Waals surface area contributed by atoms with Crippen LogP contribution in [0.2, 0.25) is 0 Å². The first-order valence-electron chi connectivity index (χ1n) is 9.62. The first-order valence-corrected chi connectivity index (χ1v) is 9.62. The molecule has 1 heterocycles. The van der Waals surface area contributed by atoms with E-state index in [9.17, 15) is 19.7 Å². The quantitative estimate of drug-likeness (QED) is 0.477. The molecule has 0 fully saturated rings. The Morgan fingerprint density at radius 3 is 2.52 bits per heavy atom. The van der Waals surface area contributed by atoms with Gasteiger partial charge in [0.15, 0.2) is 5.76 Å². The van der Waals surface area contributed by atoms with Crippen molar-refractivity contribution in [2.45, 2.75) is 19.3 Å². The number of hydrogen-bond acceptors (Lipinski definition) is 7. The molecule has 0 spiro atoms. The van der Waals surface area contributed by atoms with E-state index in [-0.39, 0.29) is 11.4 Å². The summed E-state index contributed by atoms with van der Waals surface area (Å²) < 4.78 is 5.49. The Balaban J connectivity index is 1.55. The fraction of sp³-hybridized carbons (Fsp3) is 0.136. The molecule has 1 aliphatic rings. The van der Waals surface area contributed by atoms with Crippen LogP contribution in [0.1, 0.15) is 34.5 Å². The molecule has 2 N–H and O–H groups in total. The van der Waals surface area contributed by atoms with Gasteiger partial charge >= 0.3 is 5.63 Å². The molecule has 2 aromatic carbocycles. The molecule has 31 heavy (non-hydrogen) atoms. The average Bonchev–Trinajstić information content (AvgIpc) is 2.79. The molecular weight excluding hydrogens is 400 g/mol. The number of nitro groups is 1. The van der Waals surface area contributed by atoms with Crippen LogP contribution in [0.3, 0.4) is 0 Å². The zero-order valence-electron chi connectivity index (χ0n) is 16.3. The van der Waals surface area contributed by atoms with Crippen LogP contribution >= 0.6 is 0 Å². The Hall–Kier alpha value is -4.27. The Morgan fingerprint density at radius 2 is 1.81 bits per heavy atom. The number of fused-ring (bicyclic) bond motifs is 1. The number of amides is 1. The molecule has 4 rings (SSSR count). The minimum absolute atomic E-state index is 0.0164. The molecule has 0 saturated heterocycles. The van der Waals surface area contributed by atoms with Crippen molar-refractivity contribution in [2.75, 3.05) is 10.7 Å². The number of aryl methyl sites for hydroxylation is 1. The number of nitrogens with one attached hydrogen (secondary N) is 2. The highest BCUT2D eigenvalue weighted by atomic mass is 16.6.